The third kappa shape index (κ3) is 3.53. The van der Waals surface area contributed by atoms with Gasteiger partial charge in [0.25, 0.3) is 0 Å². The molecule has 1 aromatic heterocycles. The van der Waals surface area contributed by atoms with Crippen molar-refractivity contribution in [2.24, 2.45) is 0 Å². The van der Waals surface area contributed by atoms with E-state index in [1.807, 2.05) is 5.38 Å². The Morgan fingerprint density at radius 3 is 3.17 bits per heavy atom. The Balaban J connectivity index is 1.95. The number of piperidine rings is 1. The van der Waals surface area contributed by atoms with Gasteiger partial charge in [0, 0.05) is 24.9 Å². The van der Waals surface area contributed by atoms with Crippen LogP contribution in [0, 0.1) is 0 Å². The van der Waals surface area contributed by atoms with Crippen LogP contribution >= 0.6 is 11.3 Å². The van der Waals surface area contributed by atoms with E-state index in [4.69, 9.17) is 0 Å². The zero-order valence-electron chi connectivity index (χ0n) is 11.1. The maximum absolute atomic E-state index is 11.0. The summed E-state index contributed by atoms with van der Waals surface area (Å²) in [7, 11) is 0. The second-order valence-electron chi connectivity index (χ2n) is 4.85. The number of amides is 1. The molecule has 1 amide bonds. The van der Waals surface area contributed by atoms with Gasteiger partial charge >= 0.3 is 0 Å². The summed E-state index contributed by atoms with van der Waals surface area (Å²) < 4.78 is 0. The van der Waals surface area contributed by atoms with Gasteiger partial charge in [0.15, 0.2) is 5.13 Å². The van der Waals surface area contributed by atoms with E-state index < -0.39 is 0 Å². The van der Waals surface area contributed by atoms with Gasteiger partial charge < -0.3 is 5.32 Å². The van der Waals surface area contributed by atoms with Crippen LogP contribution in [0.4, 0.5) is 5.13 Å². The summed E-state index contributed by atoms with van der Waals surface area (Å²) in [6.07, 6.45) is 5.16. The van der Waals surface area contributed by atoms with Crippen LogP contribution < -0.4 is 5.32 Å². The van der Waals surface area contributed by atoms with Gasteiger partial charge in [-0.15, -0.1) is 11.3 Å². The number of hydrogen-bond acceptors (Lipinski definition) is 4. The molecule has 0 aliphatic carbocycles. The fourth-order valence-corrected chi connectivity index (χ4v) is 3.27. The summed E-state index contributed by atoms with van der Waals surface area (Å²) in [6.45, 7) is 5.85. The predicted octanol–water partition coefficient (Wildman–Crippen LogP) is 2.87. The minimum absolute atomic E-state index is 0.0553. The van der Waals surface area contributed by atoms with Crippen molar-refractivity contribution in [3.8, 4) is 0 Å². The van der Waals surface area contributed by atoms with Crippen LogP contribution in [-0.4, -0.2) is 28.4 Å². The van der Waals surface area contributed by atoms with E-state index in [0.29, 0.717) is 11.2 Å². The van der Waals surface area contributed by atoms with Crippen LogP contribution in [0.25, 0.3) is 0 Å². The van der Waals surface area contributed by atoms with Gasteiger partial charge in [0.2, 0.25) is 5.91 Å². The van der Waals surface area contributed by atoms with Crippen molar-refractivity contribution in [1.82, 2.24) is 9.88 Å². The summed E-state index contributed by atoms with van der Waals surface area (Å²) in [5.74, 6) is -0.0553. The van der Waals surface area contributed by atoms with Crippen molar-refractivity contribution in [2.45, 2.75) is 52.1 Å². The second kappa shape index (κ2) is 6.29. The van der Waals surface area contributed by atoms with Crippen LogP contribution in [0.1, 0.15) is 45.2 Å². The highest BCUT2D eigenvalue weighted by atomic mass is 32.1. The summed E-state index contributed by atoms with van der Waals surface area (Å²) in [4.78, 5) is 17.9. The molecule has 0 spiro atoms. The molecule has 0 radical (unpaired) electrons. The zero-order valence-corrected chi connectivity index (χ0v) is 11.9. The Morgan fingerprint density at radius 2 is 2.44 bits per heavy atom. The van der Waals surface area contributed by atoms with Gasteiger partial charge in [-0.3, -0.25) is 9.69 Å². The Hall–Kier alpha value is -0.940. The van der Waals surface area contributed by atoms with Crippen molar-refractivity contribution < 1.29 is 4.79 Å². The maximum Gasteiger partial charge on any atom is 0.223 e. The standard InChI is InChI=1S/C13H21N3OS/c1-3-12-6-4-5-7-16(12)8-11-9-18-13(15-11)14-10(2)17/h9,12H,3-8H2,1-2H3,(H,14,15,17). The topological polar surface area (TPSA) is 45.2 Å². The molecule has 1 atom stereocenters. The van der Waals surface area contributed by atoms with Crippen molar-refractivity contribution in [1.29, 1.82) is 0 Å². The molecule has 4 nitrogen and oxygen atoms in total. The van der Waals surface area contributed by atoms with Crippen molar-refractivity contribution in [2.75, 3.05) is 11.9 Å². The minimum atomic E-state index is -0.0553. The van der Waals surface area contributed by atoms with E-state index in [1.54, 1.807) is 0 Å². The lowest BCUT2D eigenvalue weighted by Gasteiger charge is -2.34. The Morgan fingerprint density at radius 1 is 1.61 bits per heavy atom. The van der Waals surface area contributed by atoms with Crippen LogP contribution in [0.15, 0.2) is 5.38 Å². The normalized spacial score (nSPS) is 20.9. The van der Waals surface area contributed by atoms with Gasteiger partial charge in [-0.1, -0.05) is 13.3 Å². The first-order valence-electron chi connectivity index (χ1n) is 6.65. The molecule has 2 rings (SSSR count). The average Bonchev–Trinajstić information content (AvgIpc) is 2.76. The molecule has 1 aromatic rings. The highest BCUT2D eigenvalue weighted by Crippen LogP contribution is 2.23. The number of anilines is 1. The monoisotopic (exact) mass is 267 g/mol. The average molecular weight is 267 g/mol. The van der Waals surface area contributed by atoms with Gasteiger partial charge in [0.1, 0.15) is 0 Å². The van der Waals surface area contributed by atoms with Gasteiger partial charge in [-0.05, 0) is 25.8 Å². The van der Waals surface area contributed by atoms with Gasteiger partial charge in [0.05, 0.1) is 5.69 Å². The summed E-state index contributed by atoms with van der Waals surface area (Å²) in [5, 5.41) is 5.50. The van der Waals surface area contributed by atoms with E-state index in [1.165, 1.54) is 50.5 Å². The summed E-state index contributed by atoms with van der Waals surface area (Å²) in [6, 6.07) is 0.699. The fraction of sp³-hybridized carbons (Fsp3) is 0.692. The molecule has 18 heavy (non-hydrogen) atoms. The van der Waals surface area contributed by atoms with Gasteiger partial charge in [-0.25, -0.2) is 4.98 Å². The number of aromatic nitrogens is 1. The lowest BCUT2D eigenvalue weighted by molar-refractivity contribution is -0.114. The van der Waals surface area contributed by atoms with E-state index >= 15 is 0 Å². The quantitative estimate of drug-likeness (QED) is 0.912. The Kier molecular flexibility index (Phi) is 4.72. The zero-order chi connectivity index (χ0) is 13.0. The minimum Gasteiger partial charge on any atom is -0.302 e. The first-order chi connectivity index (χ1) is 8.69. The van der Waals surface area contributed by atoms with Crippen LogP contribution in [0.2, 0.25) is 0 Å². The number of carbonyl (C=O) groups excluding carboxylic acids is 1. The highest BCUT2D eigenvalue weighted by molar-refractivity contribution is 7.13. The number of carbonyl (C=O) groups is 1. The number of likely N-dealkylation sites (tertiary alicyclic amines) is 1. The third-order valence-corrected chi connectivity index (χ3v) is 4.23. The van der Waals surface area contributed by atoms with Crippen LogP contribution in [0.3, 0.4) is 0 Å². The fourth-order valence-electron chi connectivity index (χ4n) is 2.53. The van der Waals surface area contributed by atoms with Crippen molar-refractivity contribution >= 4 is 22.4 Å². The van der Waals surface area contributed by atoms with Crippen LogP contribution in [-0.2, 0) is 11.3 Å². The van der Waals surface area contributed by atoms with E-state index in [9.17, 15) is 4.79 Å². The highest BCUT2D eigenvalue weighted by Gasteiger charge is 2.21. The molecule has 0 saturated carbocycles. The molecule has 0 aromatic carbocycles. The van der Waals surface area contributed by atoms with E-state index in [-0.39, 0.29) is 5.91 Å². The molecule has 2 heterocycles. The van der Waals surface area contributed by atoms with Gasteiger partial charge in [-0.2, -0.15) is 0 Å². The number of rotatable bonds is 4. The first kappa shape index (κ1) is 13.5. The second-order valence-corrected chi connectivity index (χ2v) is 5.71. The summed E-state index contributed by atoms with van der Waals surface area (Å²) >= 11 is 1.51. The Labute approximate surface area is 112 Å². The molecule has 1 saturated heterocycles. The largest absolute Gasteiger partial charge is 0.302 e. The Bertz CT molecular complexity index is 405. The number of thiazole rings is 1. The van der Waals surface area contributed by atoms with Crippen molar-refractivity contribution in [3.05, 3.63) is 11.1 Å². The smallest absolute Gasteiger partial charge is 0.223 e. The molecule has 0 bridgehead atoms. The first-order valence-corrected chi connectivity index (χ1v) is 7.53. The van der Waals surface area contributed by atoms with Crippen LogP contribution in [0.5, 0.6) is 0 Å². The molecule has 1 unspecified atom stereocenters. The molecule has 100 valence electrons. The third-order valence-electron chi connectivity index (χ3n) is 3.42. The molecule has 1 fully saturated rings. The molecular formula is C13H21N3OS. The predicted molar refractivity (Wildman–Crippen MR) is 74.8 cm³/mol. The number of nitrogens with one attached hydrogen (secondary N) is 1. The van der Waals surface area contributed by atoms with E-state index in [0.717, 1.165) is 12.2 Å². The lowest BCUT2D eigenvalue weighted by Crippen LogP contribution is -2.38. The molecule has 1 N–H and O–H groups in total. The molecule has 1 aliphatic heterocycles. The molecule has 5 heteroatoms. The maximum atomic E-state index is 11.0. The SMILES string of the molecule is CCC1CCCCN1Cc1csc(NC(C)=O)n1. The summed E-state index contributed by atoms with van der Waals surface area (Å²) in [5.41, 5.74) is 1.07. The number of nitrogens with zero attached hydrogens (tertiary/aromatic N) is 2. The molecular weight excluding hydrogens is 246 g/mol. The lowest BCUT2D eigenvalue weighted by atomic mass is 10.00. The number of hydrogen-bond donors (Lipinski definition) is 1. The molecule has 1 aliphatic rings. The van der Waals surface area contributed by atoms with E-state index in [2.05, 4.69) is 22.1 Å². The van der Waals surface area contributed by atoms with Crippen molar-refractivity contribution in [3.63, 3.8) is 0 Å².